The van der Waals surface area contributed by atoms with Crippen LogP contribution in [-0.4, -0.2) is 18.4 Å². The first kappa shape index (κ1) is 18.8. The minimum absolute atomic E-state index is 0.294. The van der Waals surface area contributed by atoms with Crippen LogP contribution in [0.2, 0.25) is 5.02 Å². The fraction of sp³-hybridized carbons (Fsp3) is 0.0909. The zero-order chi connectivity index (χ0) is 20.4. The van der Waals surface area contributed by atoms with Gasteiger partial charge in [-0.2, -0.15) is 0 Å². The van der Waals surface area contributed by atoms with E-state index in [-0.39, 0.29) is 11.8 Å². The predicted octanol–water partition coefficient (Wildman–Crippen LogP) is 5.35. The van der Waals surface area contributed by atoms with Crippen molar-refractivity contribution in [3.8, 4) is 17.2 Å². The summed E-state index contributed by atoms with van der Waals surface area (Å²) in [5, 5.41) is 6.06. The van der Waals surface area contributed by atoms with E-state index < -0.39 is 0 Å². The Kier molecular flexibility index (Phi) is 5.10. The topological polar surface area (TPSA) is 76.7 Å². The van der Waals surface area contributed by atoms with Gasteiger partial charge in [-0.25, -0.2) is 0 Å². The molecule has 2 N–H and O–H groups in total. The third kappa shape index (κ3) is 4.02. The second-order valence-corrected chi connectivity index (χ2v) is 6.76. The quantitative estimate of drug-likeness (QED) is 0.610. The molecule has 0 bridgehead atoms. The molecule has 2 amide bonds. The Balaban J connectivity index is 1.55. The van der Waals surface area contributed by atoms with Crippen molar-refractivity contribution in [3.63, 3.8) is 0 Å². The molecule has 3 aromatic rings. The van der Waals surface area contributed by atoms with Crippen molar-refractivity contribution in [2.75, 3.05) is 17.2 Å². The zero-order valence-electron chi connectivity index (χ0n) is 15.5. The first-order chi connectivity index (χ1) is 14.0. The molecular weight excluding hydrogens is 392 g/mol. The summed E-state index contributed by atoms with van der Waals surface area (Å²) in [7, 11) is 0. The number of halogens is 1. The molecule has 146 valence electrons. The van der Waals surface area contributed by atoms with Gasteiger partial charge in [-0.05, 0) is 67.6 Å². The Labute approximate surface area is 172 Å². The fourth-order valence-corrected chi connectivity index (χ4v) is 3.12. The van der Waals surface area contributed by atoms with E-state index in [1.54, 1.807) is 60.7 Å². The second-order valence-electron chi connectivity index (χ2n) is 6.32. The van der Waals surface area contributed by atoms with Crippen molar-refractivity contribution in [1.82, 2.24) is 0 Å². The third-order valence-corrected chi connectivity index (χ3v) is 4.55. The lowest BCUT2D eigenvalue weighted by atomic mass is 10.1. The smallest absolute Gasteiger partial charge is 0.259 e. The van der Waals surface area contributed by atoms with E-state index in [9.17, 15) is 9.59 Å². The second kappa shape index (κ2) is 7.85. The molecule has 0 aromatic heterocycles. The van der Waals surface area contributed by atoms with Crippen LogP contribution in [0.25, 0.3) is 0 Å². The number of hydrogen-bond donors (Lipinski definition) is 2. The number of anilines is 2. The number of amides is 2. The van der Waals surface area contributed by atoms with Gasteiger partial charge in [0.2, 0.25) is 0 Å². The molecule has 0 atom stereocenters. The lowest BCUT2D eigenvalue weighted by Crippen LogP contribution is -2.14. The highest BCUT2D eigenvalue weighted by atomic mass is 35.5. The van der Waals surface area contributed by atoms with Gasteiger partial charge in [0.15, 0.2) is 5.75 Å². The lowest BCUT2D eigenvalue weighted by Gasteiger charge is -2.10. The number of nitrogens with one attached hydrogen (secondary N) is 2. The van der Waals surface area contributed by atoms with Gasteiger partial charge in [0, 0.05) is 16.3 Å². The van der Waals surface area contributed by atoms with Gasteiger partial charge >= 0.3 is 0 Å². The minimum Gasteiger partial charge on any atom is -0.494 e. The molecule has 1 aliphatic heterocycles. The Hall–Kier alpha value is -3.51. The van der Waals surface area contributed by atoms with Gasteiger partial charge in [0.05, 0.1) is 17.9 Å². The molecule has 0 unspecified atom stereocenters. The van der Waals surface area contributed by atoms with Crippen LogP contribution in [0.1, 0.15) is 27.6 Å². The molecule has 0 spiro atoms. The molecule has 3 aromatic carbocycles. The van der Waals surface area contributed by atoms with Crippen LogP contribution in [0.5, 0.6) is 17.2 Å². The van der Waals surface area contributed by atoms with Gasteiger partial charge < -0.3 is 20.1 Å². The number of carbonyl (C=O) groups excluding carboxylic acids is 2. The maximum Gasteiger partial charge on any atom is 0.259 e. The molecule has 0 radical (unpaired) electrons. The molecule has 4 rings (SSSR count). The molecule has 1 heterocycles. The van der Waals surface area contributed by atoms with Gasteiger partial charge in [0.1, 0.15) is 11.5 Å². The van der Waals surface area contributed by atoms with Gasteiger partial charge in [-0.15, -0.1) is 0 Å². The van der Waals surface area contributed by atoms with Crippen LogP contribution >= 0.6 is 11.6 Å². The average Bonchev–Trinajstić information content (AvgIpc) is 2.84. The summed E-state index contributed by atoms with van der Waals surface area (Å²) in [6.07, 6.45) is 0. The van der Waals surface area contributed by atoms with Crippen molar-refractivity contribution >= 4 is 34.8 Å². The van der Waals surface area contributed by atoms with Crippen molar-refractivity contribution < 1.29 is 19.1 Å². The number of ether oxygens (including phenoxy) is 2. The highest BCUT2D eigenvalue weighted by molar-refractivity contribution is 6.31. The molecule has 0 saturated heterocycles. The monoisotopic (exact) mass is 408 g/mol. The first-order valence-corrected chi connectivity index (χ1v) is 9.38. The summed E-state index contributed by atoms with van der Waals surface area (Å²) in [5.41, 5.74) is 1.75. The van der Waals surface area contributed by atoms with Crippen LogP contribution in [-0.2, 0) is 0 Å². The van der Waals surface area contributed by atoms with Crippen LogP contribution < -0.4 is 20.1 Å². The number of rotatable bonds is 4. The maximum atomic E-state index is 12.6. The van der Waals surface area contributed by atoms with E-state index >= 15 is 0 Å². The number of fused-ring (bicyclic) bond motifs is 2. The molecule has 1 aliphatic rings. The molecule has 7 heteroatoms. The van der Waals surface area contributed by atoms with Crippen molar-refractivity contribution in [2.24, 2.45) is 0 Å². The summed E-state index contributed by atoms with van der Waals surface area (Å²) in [5.74, 6) is 0.939. The van der Waals surface area contributed by atoms with E-state index in [0.29, 0.717) is 51.4 Å². The number of hydrogen-bond acceptors (Lipinski definition) is 4. The molecule has 0 fully saturated rings. The summed E-state index contributed by atoms with van der Waals surface area (Å²) in [4.78, 5) is 25.1. The van der Waals surface area contributed by atoms with Crippen molar-refractivity contribution in [3.05, 3.63) is 76.8 Å². The predicted molar refractivity (Wildman–Crippen MR) is 111 cm³/mol. The molecule has 0 aliphatic carbocycles. The van der Waals surface area contributed by atoms with Crippen LogP contribution in [0.15, 0.2) is 60.7 Å². The highest BCUT2D eigenvalue weighted by Crippen LogP contribution is 2.38. The first-order valence-electron chi connectivity index (χ1n) is 9.00. The van der Waals surface area contributed by atoms with Crippen molar-refractivity contribution in [1.29, 1.82) is 0 Å². The van der Waals surface area contributed by atoms with Crippen LogP contribution in [0.4, 0.5) is 11.4 Å². The SMILES string of the molecule is CCOc1ccc(C(=O)Nc2ccc3c(c2)C(=O)Nc2cc(Cl)ccc2O3)cc1. The average molecular weight is 409 g/mol. The van der Waals surface area contributed by atoms with E-state index in [1.807, 2.05) is 6.92 Å². The van der Waals surface area contributed by atoms with Crippen LogP contribution in [0.3, 0.4) is 0 Å². The standard InChI is InChI=1S/C22H17ClN2O4/c1-2-28-16-7-3-13(4-8-16)21(26)24-15-6-10-19-17(12-15)22(27)25-18-11-14(23)5-9-20(18)29-19/h3-12H,2H2,1H3,(H,24,26)(H,25,27). The maximum absolute atomic E-state index is 12.6. The fourth-order valence-electron chi connectivity index (χ4n) is 2.94. The Bertz CT molecular complexity index is 1100. The molecule has 29 heavy (non-hydrogen) atoms. The Morgan fingerprint density at radius 2 is 1.83 bits per heavy atom. The third-order valence-electron chi connectivity index (χ3n) is 4.32. The summed E-state index contributed by atoms with van der Waals surface area (Å²) >= 11 is 5.99. The van der Waals surface area contributed by atoms with Gasteiger partial charge in [-0.3, -0.25) is 9.59 Å². The summed E-state index contributed by atoms with van der Waals surface area (Å²) in [6.45, 7) is 2.45. The largest absolute Gasteiger partial charge is 0.494 e. The van der Waals surface area contributed by atoms with Gasteiger partial charge in [-0.1, -0.05) is 11.6 Å². The van der Waals surface area contributed by atoms with Gasteiger partial charge in [0.25, 0.3) is 11.8 Å². The Morgan fingerprint density at radius 3 is 2.59 bits per heavy atom. The van der Waals surface area contributed by atoms with Crippen molar-refractivity contribution in [2.45, 2.75) is 6.92 Å². The zero-order valence-corrected chi connectivity index (χ0v) is 16.2. The molecule has 0 saturated carbocycles. The highest BCUT2D eigenvalue weighted by Gasteiger charge is 2.22. The minimum atomic E-state index is -0.349. The summed E-state index contributed by atoms with van der Waals surface area (Å²) in [6, 6.07) is 16.7. The Morgan fingerprint density at radius 1 is 1.07 bits per heavy atom. The normalized spacial score (nSPS) is 12.0. The van der Waals surface area contributed by atoms with E-state index in [2.05, 4.69) is 10.6 Å². The molecule has 6 nitrogen and oxygen atoms in total. The van der Waals surface area contributed by atoms with E-state index in [4.69, 9.17) is 21.1 Å². The lowest BCUT2D eigenvalue weighted by molar-refractivity contribution is 0.101. The number of carbonyl (C=O) groups is 2. The van der Waals surface area contributed by atoms with E-state index in [1.165, 1.54) is 0 Å². The van der Waals surface area contributed by atoms with E-state index in [0.717, 1.165) is 0 Å². The number of benzene rings is 3. The molecular formula is C22H17ClN2O4. The summed E-state index contributed by atoms with van der Waals surface area (Å²) < 4.78 is 11.2. The van der Waals surface area contributed by atoms with Crippen LogP contribution in [0, 0.1) is 0 Å².